The molecule has 0 aromatic carbocycles. The van der Waals surface area contributed by atoms with Crippen LogP contribution in [0.2, 0.25) is 0 Å². The molecule has 0 unspecified atom stereocenters. The van der Waals surface area contributed by atoms with Crippen LogP contribution < -0.4 is 5.73 Å². The Bertz CT molecular complexity index is 297. The van der Waals surface area contributed by atoms with Crippen molar-refractivity contribution in [1.29, 1.82) is 0 Å². The van der Waals surface area contributed by atoms with E-state index in [1.165, 1.54) is 0 Å². The first-order valence-electron chi connectivity index (χ1n) is 5.64. The fraction of sp³-hybridized carbons (Fsp3) is 0.900. The molecule has 0 bridgehead atoms. The number of carbonyl (C=O) groups excluding carboxylic acids is 1. The first-order valence-corrected chi connectivity index (χ1v) is 5.64. The molecule has 2 N–H and O–H groups in total. The zero-order valence-corrected chi connectivity index (χ0v) is 9.64. The molecule has 1 fully saturated rings. The lowest BCUT2D eigenvalue weighted by Gasteiger charge is -2.34. The predicted molar refractivity (Wildman–Crippen MR) is 54.0 cm³/mol. The second-order valence-corrected chi connectivity index (χ2v) is 4.39. The molecule has 0 radical (unpaired) electrons. The first-order chi connectivity index (χ1) is 8.20. The van der Waals surface area contributed by atoms with Crippen LogP contribution in [0.5, 0.6) is 0 Å². The van der Waals surface area contributed by atoms with Crippen molar-refractivity contribution < 1.29 is 26.7 Å². The number of rotatable bonds is 3. The van der Waals surface area contributed by atoms with Gasteiger partial charge in [0, 0.05) is 13.1 Å². The zero-order chi connectivity index (χ0) is 14.0. The summed E-state index contributed by atoms with van der Waals surface area (Å²) in [5.74, 6) is -7.26. The molecule has 3 nitrogen and oxygen atoms in total. The molecule has 1 aliphatic heterocycles. The number of amides is 1. The second-order valence-electron chi connectivity index (χ2n) is 4.39. The average molecular weight is 274 g/mol. The van der Waals surface area contributed by atoms with Crippen LogP contribution >= 0.6 is 0 Å². The first kappa shape index (κ1) is 15.1. The molecule has 8 heteroatoms. The van der Waals surface area contributed by atoms with Crippen molar-refractivity contribution in [2.75, 3.05) is 19.6 Å². The highest BCUT2D eigenvalue weighted by molar-refractivity contribution is 5.84. The van der Waals surface area contributed by atoms with Crippen LogP contribution in [0.15, 0.2) is 0 Å². The number of hydrogen-bond acceptors (Lipinski definition) is 2. The summed E-state index contributed by atoms with van der Waals surface area (Å²) in [6, 6.07) is 0. The minimum Gasteiger partial charge on any atom is -0.337 e. The standard InChI is InChI=1S/C10H15F5N2O/c11-9(12,10(13,14)15)8(18)17-5-2-7(1-4-16)3-6-17/h7H,1-6,16H2. The molecule has 106 valence electrons. The Hall–Kier alpha value is -0.920. The van der Waals surface area contributed by atoms with E-state index in [9.17, 15) is 26.7 Å². The largest absolute Gasteiger partial charge is 0.463 e. The minimum atomic E-state index is -5.84. The summed E-state index contributed by atoms with van der Waals surface area (Å²) in [5, 5.41) is 0. The van der Waals surface area contributed by atoms with Gasteiger partial charge in [-0.15, -0.1) is 0 Å². The monoisotopic (exact) mass is 274 g/mol. The summed E-state index contributed by atoms with van der Waals surface area (Å²) < 4.78 is 61.7. The lowest BCUT2D eigenvalue weighted by atomic mass is 9.93. The quantitative estimate of drug-likeness (QED) is 0.797. The van der Waals surface area contributed by atoms with Gasteiger partial charge in [-0.1, -0.05) is 0 Å². The van der Waals surface area contributed by atoms with E-state index in [0.29, 0.717) is 30.7 Å². The third-order valence-corrected chi connectivity index (χ3v) is 3.10. The fourth-order valence-corrected chi connectivity index (χ4v) is 1.98. The van der Waals surface area contributed by atoms with Crippen LogP contribution in [0.1, 0.15) is 19.3 Å². The van der Waals surface area contributed by atoms with Gasteiger partial charge in [0.1, 0.15) is 0 Å². The van der Waals surface area contributed by atoms with Crippen molar-refractivity contribution in [2.45, 2.75) is 31.4 Å². The number of alkyl halides is 5. The smallest absolute Gasteiger partial charge is 0.337 e. The maximum Gasteiger partial charge on any atom is 0.463 e. The molecule has 1 rings (SSSR count). The number of halogens is 5. The number of carbonyl (C=O) groups is 1. The molecule has 0 atom stereocenters. The van der Waals surface area contributed by atoms with Gasteiger partial charge in [0.05, 0.1) is 0 Å². The summed E-state index contributed by atoms with van der Waals surface area (Å²) in [7, 11) is 0. The maximum absolute atomic E-state index is 12.8. The van der Waals surface area contributed by atoms with Crippen molar-refractivity contribution in [1.82, 2.24) is 4.90 Å². The van der Waals surface area contributed by atoms with Gasteiger partial charge >= 0.3 is 18.0 Å². The SMILES string of the molecule is NCCC1CCN(C(=O)C(F)(F)C(F)(F)F)CC1. The molecule has 1 heterocycles. The van der Waals surface area contributed by atoms with Crippen molar-refractivity contribution in [3.05, 3.63) is 0 Å². The summed E-state index contributed by atoms with van der Waals surface area (Å²) in [4.78, 5) is 11.7. The van der Waals surface area contributed by atoms with Gasteiger partial charge < -0.3 is 10.6 Å². The third kappa shape index (κ3) is 3.09. The van der Waals surface area contributed by atoms with Gasteiger partial charge in [-0.25, -0.2) is 0 Å². The van der Waals surface area contributed by atoms with Crippen LogP contribution in [-0.4, -0.2) is 42.5 Å². The van der Waals surface area contributed by atoms with Gasteiger partial charge in [0.2, 0.25) is 0 Å². The van der Waals surface area contributed by atoms with E-state index in [1.54, 1.807) is 0 Å². The zero-order valence-electron chi connectivity index (χ0n) is 9.64. The highest BCUT2D eigenvalue weighted by Crippen LogP contribution is 2.37. The van der Waals surface area contributed by atoms with Gasteiger partial charge in [0.15, 0.2) is 0 Å². The van der Waals surface area contributed by atoms with Crippen molar-refractivity contribution >= 4 is 5.91 Å². The van der Waals surface area contributed by atoms with Crippen LogP contribution in [0.3, 0.4) is 0 Å². The van der Waals surface area contributed by atoms with E-state index >= 15 is 0 Å². The Morgan fingerprint density at radius 3 is 2.06 bits per heavy atom. The number of piperidine rings is 1. The van der Waals surface area contributed by atoms with Crippen molar-refractivity contribution in [3.8, 4) is 0 Å². The van der Waals surface area contributed by atoms with Crippen molar-refractivity contribution in [2.24, 2.45) is 11.7 Å². The van der Waals surface area contributed by atoms with Crippen LogP contribution in [0, 0.1) is 5.92 Å². The van der Waals surface area contributed by atoms with Gasteiger partial charge in [0.25, 0.3) is 0 Å². The second kappa shape index (κ2) is 5.38. The predicted octanol–water partition coefficient (Wildman–Crippen LogP) is 1.77. The summed E-state index contributed by atoms with van der Waals surface area (Å²) >= 11 is 0. The van der Waals surface area contributed by atoms with E-state index in [2.05, 4.69) is 0 Å². The number of nitrogens with two attached hydrogens (primary N) is 1. The molecule has 0 spiro atoms. The summed E-state index contributed by atoms with van der Waals surface area (Å²) in [5.41, 5.74) is 5.33. The lowest BCUT2D eigenvalue weighted by Crippen LogP contribution is -2.54. The highest BCUT2D eigenvalue weighted by atomic mass is 19.4. The van der Waals surface area contributed by atoms with Crippen LogP contribution in [0.25, 0.3) is 0 Å². The molecule has 1 amide bonds. The average Bonchev–Trinajstić information content (AvgIpc) is 2.28. The van der Waals surface area contributed by atoms with E-state index in [-0.39, 0.29) is 19.0 Å². The van der Waals surface area contributed by atoms with Gasteiger partial charge in [-0.3, -0.25) is 4.79 Å². The third-order valence-electron chi connectivity index (χ3n) is 3.10. The Balaban J connectivity index is 2.60. The summed E-state index contributed by atoms with van der Waals surface area (Å²) in [6.45, 7) is 0.293. The molecule has 18 heavy (non-hydrogen) atoms. The van der Waals surface area contributed by atoms with E-state index < -0.39 is 18.0 Å². The molecule has 0 aromatic rings. The molecule has 1 aliphatic rings. The Morgan fingerprint density at radius 2 is 1.67 bits per heavy atom. The topological polar surface area (TPSA) is 46.3 Å². The number of nitrogens with zero attached hydrogens (tertiary/aromatic N) is 1. The Labute approximate surface area is 101 Å². The number of hydrogen-bond donors (Lipinski definition) is 1. The minimum absolute atomic E-state index is 0.0742. The Kier molecular flexibility index (Phi) is 4.52. The van der Waals surface area contributed by atoms with E-state index in [1.807, 2.05) is 0 Å². The van der Waals surface area contributed by atoms with Crippen LogP contribution in [0.4, 0.5) is 22.0 Å². The van der Waals surface area contributed by atoms with E-state index in [4.69, 9.17) is 5.73 Å². The van der Waals surface area contributed by atoms with Gasteiger partial charge in [-0.2, -0.15) is 22.0 Å². The fourth-order valence-electron chi connectivity index (χ4n) is 1.98. The normalized spacial score (nSPS) is 19.1. The highest BCUT2D eigenvalue weighted by Gasteiger charge is 2.64. The maximum atomic E-state index is 12.8. The van der Waals surface area contributed by atoms with Gasteiger partial charge in [-0.05, 0) is 31.7 Å². The molecule has 0 saturated carbocycles. The molecule has 1 saturated heterocycles. The van der Waals surface area contributed by atoms with E-state index in [0.717, 1.165) is 0 Å². The molecule has 0 aromatic heterocycles. The Morgan fingerprint density at radius 1 is 1.17 bits per heavy atom. The van der Waals surface area contributed by atoms with Crippen LogP contribution in [-0.2, 0) is 4.79 Å². The molecule has 0 aliphatic carbocycles. The van der Waals surface area contributed by atoms with Crippen molar-refractivity contribution in [3.63, 3.8) is 0 Å². The molecular weight excluding hydrogens is 259 g/mol. The number of likely N-dealkylation sites (tertiary alicyclic amines) is 1. The summed E-state index contributed by atoms with van der Waals surface area (Å²) in [6.07, 6.45) is -4.32. The molecular formula is C10H15F5N2O. The lowest BCUT2D eigenvalue weighted by molar-refractivity contribution is -0.274.